The van der Waals surface area contributed by atoms with E-state index in [-0.39, 0.29) is 0 Å². The Morgan fingerprint density at radius 2 is 2.15 bits per heavy atom. The summed E-state index contributed by atoms with van der Waals surface area (Å²) >= 11 is 4.04. The van der Waals surface area contributed by atoms with Crippen molar-refractivity contribution in [2.45, 2.75) is 6.92 Å². The molecule has 1 nitrogen and oxygen atoms in total. The quantitative estimate of drug-likeness (QED) is 0.728. The Morgan fingerprint density at radius 3 is 2.85 bits per heavy atom. The van der Waals surface area contributed by atoms with Crippen LogP contribution in [0.4, 0.5) is 0 Å². The first kappa shape index (κ1) is 9.27. The maximum atomic E-state index is 5.29. The second-order valence-corrected chi connectivity index (χ2v) is 5.12. The van der Waals surface area contributed by atoms with E-state index in [1.54, 1.807) is 18.4 Å². The maximum Gasteiger partial charge on any atom is 0.177 e. The van der Waals surface area contributed by atoms with E-state index in [9.17, 15) is 0 Å². The first-order valence-corrected chi connectivity index (χ1v) is 5.84. The third kappa shape index (κ3) is 1.55. The molecule has 0 amide bonds. The highest BCUT2D eigenvalue weighted by atomic mass is 127. The molecule has 0 fully saturated rings. The fourth-order valence-electron chi connectivity index (χ4n) is 1.37. The van der Waals surface area contributed by atoms with Gasteiger partial charge in [-0.05, 0) is 47.7 Å². The van der Waals surface area contributed by atoms with Gasteiger partial charge in [-0.25, -0.2) is 0 Å². The second kappa shape index (κ2) is 3.46. The summed E-state index contributed by atoms with van der Waals surface area (Å²) in [4.78, 5) is 0. The SMILES string of the molecule is COc1sc2ccc(I)cc2c1C. The van der Waals surface area contributed by atoms with E-state index >= 15 is 0 Å². The minimum absolute atomic E-state index is 1.03. The largest absolute Gasteiger partial charge is 0.487 e. The molecule has 0 radical (unpaired) electrons. The molecule has 0 bridgehead atoms. The maximum absolute atomic E-state index is 5.29. The molecule has 0 spiro atoms. The van der Waals surface area contributed by atoms with Gasteiger partial charge >= 0.3 is 0 Å². The number of fused-ring (bicyclic) bond motifs is 1. The Balaban J connectivity index is 2.77. The smallest absolute Gasteiger partial charge is 0.177 e. The van der Waals surface area contributed by atoms with E-state index in [0.29, 0.717) is 0 Å². The standard InChI is InChI=1S/C10H9IOS/c1-6-8-5-7(11)3-4-9(8)13-10(6)12-2/h3-5H,1-2H3. The van der Waals surface area contributed by atoms with Gasteiger partial charge in [-0.1, -0.05) is 11.3 Å². The van der Waals surface area contributed by atoms with Gasteiger partial charge in [0, 0.05) is 19.2 Å². The van der Waals surface area contributed by atoms with Crippen molar-refractivity contribution in [3.8, 4) is 5.06 Å². The van der Waals surface area contributed by atoms with Gasteiger partial charge in [-0.3, -0.25) is 0 Å². The van der Waals surface area contributed by atoms with E-state index in [1.807, 2.05) is 0 Å². The topological polar surface area (TPSA) is 9.23 Å². The summed E-state index contributed by atoms with van der Waals surface area (Å²) in [7, 11) is 1.72. The molecule has 0 aliphatic rings. The Morgan fingerprint density at radius 1 is 1.38 bits per heavy atom. The molecular formula is C10H9IOS. The number of hydrogen-bond donors (Lipinski definition) is 0. The second-order valence-electron chi connectivity index (χ2n) is 2.86. The summed E-state index contributed by atoms with van der Waals surface area (Å²) in [5.41, 5.74) is 1.25. The van der Waals surface area contributed by atoms with Gasteiger partial charge in [-0.2, -0.15) is 0 Å². The summed E-state index contributed by atoms with van der Waals surface area (Å²) in [6.45, 7) is 2.10. The van der Waals surface area contributed by atoms with Crippen molar-refractivity contribution in [1.29, 1.82) is 0 Å². The summed E-state index contributed by atoms with van der Waals surface area (Å²) in [6, 6.07) is 6.47. The molecule has 0 aliphatic heterocycles. The van der Waals surface area contributed by atoms with Gasteiger partial charge in [-0.15, -0.1) is 0 Å². The fraction of sp³-hybridized carbons (Fsp3) is 0.200. The predicted molar refractivity (Wildman–Crippen MR) is 65.8 cm³/mol. The Hall–Kier alpha value is -0.290. The fourth-order valence-corrected chi connectivity index (χ4v) is 2.86. The number of benzene rings is 1. The van der Waals surface area contributed by atoms with Crippen LogP contribution in [0, 0.1) is 10.5 Å². The molecule has 68 valence electrons. The number of methoxy groups -OCH3 is 1. The molecule has 3 heteroatoms. The number of rotatable bonds is 1. The summed E-state index contributed by atoms with van der Waals surface area (Å²) < 4.78 is 7.86. The van der Waals surface area contributed by atoms with Crippen molar-refractivity contribution in [3.63, 3.8) is 0 Å². The lowest BCUT2D eigenvalue weighted by molar-refractivity contribution is 0.425. The molecule has 2 rings (SSSR count). The molecule has 1 aromatic carbocycles. The monoisotopic (exact) mass is 304 g/mol. The molecule has 0 saturated carbocycles. The van der Waals surface area contributed by atoms with E-state index in [1.165, 1.54) is 19.2 Å². The van der Waals surface area contributed by atoms with Crippen LogP contribution in [0.1, 0.15) is 5.56 Å². The minimum atomic E-state index is 1.03. The Labute approximate surface area is 94.9 Å². The third-order valence-electron chi connectivity index (χ3n) is 2.04. The summed E-state index contributed by atoms with van der Waals surface area (Å²) in [5, 5.41) is 2.34. The van der Waals surface area contributed by atoms with E-state index in [2.05, 4.69) is 47.7 Å². The molecule has 0 N–H and O–H groups in total. The zero-order valence-electron chi connectivity index (χ0n) is 7.43. The van der Waals surface area contributed by atoms with Gasteiger partial charge in [0.15, 0.2) is 5.06 Å². The van der Waals surface area contributed by atoms with Crippen LogP contribution in [0.3, 0.4) is 0 Å². The van der Waals surface area contributed by atoms with E-state index in [4.69, 9.17) is 4.74 Å². The normalized spacial score (nSPS) is 10.7. The van der Waals surface area contributed by atoms with Gasteiger partial charge in [0.1, 0.15) is 0 Å². The van der Waals surface area contributed by atoms with Crippen LogP contribution in [0.2, 0.25) is 0 Å². The number of ether oxygens (including phenoxy) is 1. The highest BCUT2D eigenvalue weighted by Gasteiger charge is 2.07. The molecule has 13 heavy (non-hydrogen) atoms. The number of hydrogen-bond acceptors (Lipinski definition) is 2. The van der Waals surface area contributed by atoms with E-state index in [0.717, 1.165) is 5.06 Å². The number of thiophene rings is 1. The van der Waals surface area contributed by atoms with Crippen LogP contribution in [-0.2, 0) is 0 Å². The number of halogens is 1. The molecule has 0 unspecified atom stereocenters. The first-order chi connectivity index (χ1) is 6.22. The Bertz CT molecular complexity index is 447. The zero-order chi connectivity index (χ0) is 9.42. The summed E-state index contributed by atoms with van der Waals surface area (Å²) in [5.74, 6) is 0. The van der Waals surface area contributed by atoms with Crippen LogP contribution in [0.15, 0.2) is 18.2 Å². The highest BCUT2D eigenvalue weighted by Crippen LogP contribution is 2.37. The van der Waals surface area contributed by atoms with Gasteiger partial charge in [0.2, 0.25) is 0 Å². The lowest BCUT2D eigenvalue weighted by Gasteiger charge is -1.94. The van der Waals surface area contributed by atoms with Gasteiger partial charge in [0.05, 0.1) is 7.11 Å². The zero-order valence-corrected chi connectivity index (χ0v) is 10.4. The van der Waals surface area contributed by atoms with Crippen molar-refractivity contribution in [2.75, 3.05) is 7.11 Å². The van der Waals surface area contributed by atoms with Crippen LogP contribution < -0.4 is 4.74 Å². The molecule has 2 aromatic rings. The molecule has 1 heterocycles. The van der Waals surface area contributed by atoms with Crippen molar-refractivity contribution in [2.24, 2.45) is 0 Å². The van der Waals surface area contributed by atoms with Crippen molar-refractivity contribution < 1.29 is 4.74 Å². The summed E-state index contributed by atoms with van der Waals surface area (Å²) in [6.07, 6.45) is 0. The minimum Gasteiger partial charge on any atom is -0.487 e. The van der Waals surface area contributed by atoms with Crippen LogP contribution >= 0.6 is 33.9 Å². The molecule has 0 atom stereocenters. The van der Waals surface area contributed by atoms with Crippen molar-refractivity contribution in [3.05, 3.63) is 27.3 Å². The van der Waals surface area contributed by atoms with Crippen molar-refractivity contribution >= 4 is 44.0 Å². The number of aryl methyl sites for hydroxylation is 1. The highest BCUT2D eigenvalue weighted by molar-refractivity contribution is 14.1. The van der Waals surface area contributed by atoms with Crippen LogP contribution in [0.5, 0.6) is 5.06 Å². The van der Waals surface area contributed by atoms with Gasteiger partial charge < -0.3 is 4.74 Å². The molecule has 0 saturated heterocycles. The average molecular weight is 304 g/mol. The molecule has 1 aromatic heterocycles. The molecular weight excluding hydrogens is 295 g/mol. The molecule has 0 aliphatic carbocycles. The lowest BCUT2D eigenvalue weighted by atomic mass is 10.2. The van der Waals surface area contributed by atoms with Crippen LogP contribution in [0.25, 0.3) is 10.1 Å². The predicted octanol–water partition coefficient (Wildman–Crippen LogP) is 3.82. The lowest BCUT2D eigenvalue weighted by Crippen LogP contribution is -1.79. The Kier molecular flexibility index (Phi) is 2.47. The average Bonchev–Trinajstić information content (AvgIpc) is 2.44. The van der Waals surface area contributed by atoms with Gasteiger partial charge in [0.25, 0.3) is 0 Å². The first-order valence-electron chi connectivity index (χ1n) is 3.95. The van der Waals surface area contributed by atoms with E-state index < -0.39 is 0 Å². The van der Waals surface area contributed by atoms with Crippen molar-refractivity contribution in [1.82, 2.24) is 0 Å². The van der Waals surface area contributed by atoms with Crippen LogP contribution in [-0.4, -0.2) is 7.11 Å². The third-order valence-corrected chi connectivity index (χ3v) is 3.95.